The SMILES string of the molecule is C[C@H](N)C(=O)NC(CCC(=O)OC(C)(C)C)(CCC(=O)OC(C)(C)C)CCC(=O)OC(C)(C)C. The van der Waals surface area contributed by atoms with Gasteiger partial charge in [-0.05, 0) is 88.5 Å². The van der Waals surface area contributed by atoms with Crippen molar-refractivity contribution in [2.75, 3.05) is 0 Å². The molecule has 9 nitrogen and oxygen atoms in total. The number of carbonyl (C=O) groups excluding carboxylic acids is 4. The molecule has 0 aromatic carbocycles. The molecule has 0 bridgehead atoms. The van der Waals surface area contributed by atoms with Gasteiger partial charge < -0.3 is 25.3 Å². The summed E-state index contributed by atoms with van der Waals surface area (Å²) in [6.07, 6.45) is 0.432. The Balaban J connectivity index is 5.81. The maximum absolute atomic E-state index is 12.6. The van der Waals surface area contributed by atoms with Gasteiger partial charge in [-0.15, -0.1) is 0 Å². The lowest BCUT2D eigenvalue weighted by Gasteiger charge is -2.36. The largest absolute Gasteiger partial charge is 0.460 e. The van der Waals surface area contributed by atoms with Crippen LogP contribution in [0.5, 0.6) is 0 Å². The van der Waals surface area contributed by atoms with Crippen molar-refractivity contribution < 1.29 is 33.4 Å². The summed E-state index contributed by atoms with van der Waals surface area (Å²) in [5.74, 6) is -1.78. The molecular formula is C25H46N2O7. The highest BCUT2D eigenvalue weighted by atomic mass is 16.6. The molecule has 1 atom stereocenters. The molecule has 0 aliphatic carbocycles. The van der Waals surface area contributed by atoms with Crippen LogP contribution in [0.15, 0.2) is 0 Å². The topological polar surface area (TPSA) is 134 Å². The third-order valence-electron chi connectivity index (χ3n) is 4.49. The highest BCUT2D eigenvalue weighted by Gasteiger charge is 2.36. The fourth-order valence-electron chi connectivity index (χ4n) is 3.14. The van der Waals surface area contributed by atoms with Crippen LogP contribution in [-0.4, -0.2) is 52.2 Å². The van der Waals surface area contributed by atoms with Crippen molar-refractivity contribution in [3.8, 4) is 0 Å². The number of ether oxygens (including phenoxy) is 3. The first-order chi connectivity index (χ1) is 15.1. The van der Waals surface area contributed by atoms with Crippen molar-refractivity contribution in [1.82, 2.24) is 5.32 Å². The van der Waals surface area contributed by atoms with Crippen LogP contribution in [0, 0.1) is 0 Å². The van der Waals surface area contributed by atoms with Crippen LogP contribution in [0.3, 0.4) is 0 Å². The number of hydrogen-bond acceptors (Lipinski definition) is 8. The van der Waals surface area contributed by atoms with Crippen LogP contribution < -0.4 is 11.1 Å². The van der Waals surface area contributed by atoms with Crippen molar-refractivity contribution in [1.29, 1.82) is 0 Å². The average molecular weight is 487 g/mol. The molecule has 0 spiro atoms. The Labute approximate surface area is 204 Å². The van der Waals surface area contributed by atoms with E-state index in [2.05, 4.69) is 5.32 Å². The summed E-state index contributed by atoms with van der Waals surface area (Å²) in [6, 6.07) is -0.816. The Morgan fingerprint density at radius 2 is 0.912 bits per heavy atom. The number of esters is 3. The van der Waals surface area contributed by atoms with Gasteiger partial charge in [0.2, 0.25) is 5.91 Å². The van der Waals surface area contributed by atoms with Crippen LogP contribution in [0.25, 0.3) is 0 Å². The van der Waals surface area contributed by atoms with Gasteiger partial charge in [-0.3, -0.25) is 19.2 Å². The number of amides is 1. The van der Waals surface area contributed by atoms with E-state index in [0.29, 0.717) is 0 Å². The summed E-state index contributed by atoms with van der Waals surface area (Å²) in [7, 11) is 0. The van der Waals surface area contributed by atoms with Crippen molar-refractivity contribution >= 4 is 23.8 Å². The normalized spacial score (nSPS) is 13.6. The van der Waals surface area contributed by atoms with E-state index in [1.54, 1.807) is 62.3 Å². The zero-order valence-corrected chi connectivity index (χ0v) is 22.8. The molecule has 0 radical (unpaired) electrons. The summed E-state index contributed by atoms with van der Waals surface area (Å²) >= 11 is 0. The molecule has 0 aliphatic heterocycles. The molecule has 0 unspecified atom stereocenters. The van der Waals surface area contributed by atoms with Crippen LogP contribution in [0.1, 0.15) is 108 Å². The van der Waals surface area contributed by atoms with Gasteiger partial charge >= 0.3 is 17.9 Å². The van der Waals surface area contributed by atoms with E-state index in [-0.39, 0.29) is 38.5 Å². The second kappa shape index (κ2) is 12.5. The zero-order valence-electron chi connectivity index (χ0n) is 22.8. The van der Waals surface area contributed by atoms with E-state index < -0.39 is 52.2 Å². The first-order valence-electron chi connectivity index (χ1n) is 11.9. The first kappa shape index (κ1) is 31.8. The number of carbonyl (C=O) groups is 4. The minimum Gasteiger partial charge on any atom is -0.460 e. The van der Waals surface area contributed by atoms with Gasteiger partial charge in [0.1, 0.15) is 16.8 Å². The molecule has 0 fully saturated rings. The minimum atomic E-state index is -1.06. The summed E-state index contributed by atoms with van der Waals surface area (Å²) in [5.41, 5.74) is 2.72. The Kier molecular flexibility index (Phi) is 11.7. The number of nitrogens with two attached hydrogens (primary N) is 1. The van der Waals surface area contributed by atoms with Crippen LogP contribution in [-0.2, 0) is 33.4 Å². The molecule has 34 heavy (non-hydrogen) atoms. The second-order valence-corrected chi connectivity index (χ2v) is 11.8. The van der Waals surface area contributed by atoms with Crippen molar-refractivity contribution in [2.45, 2.75) is 136 Å². The molecule has 3 N–H and O–H groups in total. The summed E-state index contributed by atoms with van der Waals surface area (Å²) in [6.45, 7) is 17.4. The summed E-state index contributed by atoms with van der Waals surface area (Å²) in [5, 5.41) is 2.90. The van der Waals surface area contributed by atoms with E-state index in [4.69, 9.17) is 19.9 Å². The minimum absolute atomic E-state index is 0.0147. The fraction of sp³-hybridized carbons (Fsp3) is 0.840. The molecule has 0 rings (SSSR count). The lowest BCUT2D eigenvalue weighted by molar-refractivity contribution is -0.155. The van der Waals surface area contributed by atoms with E-state index >= 15 is 0 Å². The lowest BCUT2D eigenvalue weighted by Crippen LogP contribution is -2.54. The number of rotatable bonds is 11. The van der Waals surface area contributed by atoms with E-state index in [9.17, 15) is 19.2 Å². The number of nitrogens with one attached hydrogen (secondary N) is 1. The quantitative estimate of drug-likeness (QED) is 0.334. The van der Waals surface area contributed by atoms with Gasteiger partial charge in [-0.1, -0.05) is 0 Å². The smallest absolute Gasteiger partial charge is 0.306 e. The number of hydrogen-bond donors (Lipinski definition) is 2. The van der Waals surface area contributed by atoms with Crippen molar-refractivity contribution in [3.63, 3.8) is 0 Å². The lowest BCUT2D eigenvalue weighted by atomic mass is 9.83. The Morgan fingerprint density at radius 1 is 0.647 bits per heavy atom. The maximum Gasteiger partial charge on any atom is 0.306 e. The molecule has 9 heteroatoms. The monoisotopic (exact) mass is 486 g/mol. The highest BCUT2D eigenvalue weighted by Crippen LogP contribution is 2.28. The van der Waals surface area contributed by atoms with Gasteiger partial charge in [0.25, 0.3) is 0 Å². The first-order valence-corrected chi connectivity index (χ1v) is 11.9. The van der Waals surface area contributed by atoms with Gasteiger partial charge in [-0.2, -0.15) is 0 Å². The van der Waals surface area contributed by atoms with Crippen molar-refractivity contribution in [3.05, 3.63) is 0 Å². The van der Waals surface area contributed by atoms with Gasteiger partial charge in [0.15, 0.2) is 0 Å². The molecule has 0 aromatic rings. The van der Waals surface area contributed by atoms with Gasteiger partial charge in [0, 0.05) is 24.8 Å². The highest BCUT2D eigenvalue weighted by molar-refractivity contribution is 5.82. The molecular weight excluding hydrogens is 440 g/mol. The van der Waals surface area contributed by atoms with Crippen molar-refractivity contribution in [2.24, 2.45) is 5.73 Å². The third-order valence-corrected chi connectivity index (χ3v) is 4.49. The molecule has 198 valence electrons. The molecule has 0 saturated heterocycles. The van der Waals surface area contributed by atoms with Gasteiger partial charge in [-0.25, -0.2) is 0 Å². The predicted molar refractivity (Wildman–Crippen MR) is 130 cm³/mol. The van der Waals surface area contributed by atoms with Gasteiger partial charge in [0.05, 0.1) is 6.04 Å². The fourth-order valence-corrected chi connectivity index (χ4v) is 3.14. The summed E-state index contributed by atoms with van der Waals surface area (Å²) in [4.78, 5) is 49.9. The molecule has 1 amide bonds. The molecule has 0 saturated carbocycles. The zero-order chi connectivity index (χ0) is 27.0. The third kappa shape index (κ3) is 15.6. The Bertz CT molecular complexity index is 631. The standard InChI is InChI=1S/C25H46N2O7/c1-17(26)21(31)27-25(14-11-18(28)32-22(2,3)4,15-12-19(29)33-23(5,6)7)16-13-20(30)34-24(8,9)10/h17H,11-16,26H2,1-10H3,(H,27,31)/t17-/m0/s1. The predicted octanol–water partition coefficient (Wildman–Crippen LogP) is 3.55. The summed E-state index contributed by atoms with van der Waals surface area (Å²) < 4.78 is 16.2. The van der Waals surface area contributed by atoms with E-state index in [1.165, 1.54) is 6.92 Å². The average Bonchev–Trinajstić information content (AvgIpc) is 2.58. The Hall–Kier alpha value is -2.16. The van der Waals surface area contributed by atoms with E-state index in [0.717, 1.165) is 0 Å². The molecule has 0 aliphatic rings. The van der Waals surface area contributed by atoms with Crippen LogP contribution in [0.2, 0.25) is 0 Å². The molecule has 0 aromatic heterocycles. The Morgan fingerprint density at radius 3 is 1.12 bits per heavy atom. The van der Waals surface area contributed by atoms with Crippen LogP contribution >= 0.6 is 0 Å². The maximum atomic E-state index is 12.6. The molecule has 0 heterocycles. The second-order valence-electron chi connectivity index (χ2n) is 11.8. The van der Waals surface area contributed by atoms with E-state index in [1.807, 2.05) is 0 Å². The van der Waals surface area contributed by atoms with Crippen LogP contribution in [0.4, 0.5) is 0 Å².